The molecule has 6 nitrogen and oxygen atoms in total. The zero-order chi connectivity index (χ0) is 20.4. The van der Waals surface area contributed by atoms with Gasteiger partial charge in [-0.3, -0.25) is 9.69 Å². The van der Waals surface area contributed by atoms with Crippen molar-refractivity contribution < 1.29 is 9.47 Å². The molecule has 29 heavy (non-hydrogen) atoms. The Hall–Kier alpha value is -2.86. The van der Waals surface area contributed by atoms with Gasteiger partial charge in [-0.1, -0.05) is 6.07 Å². The van der Waals surface area contributed by atoms with Crippen LogP contribution in [0.25, 0.3) is 22.3 Å². The molecule has 152 valence electrons. The van der Waals surface area contributed by atoms with Crippen molar-refractivity contribution in [3.8, 4) is 22.9 Å². The molecule has 6 heteroatoms. The largest absolute Gasteiger partial charge is 0.494 e. The highest BCUT2D eigenvalue weighted by Gasteiger charge is 2.14. The maximum Gasteiger partial charge on any atom is 0.259 e. The molecule has 0 saturated carbocycles. The van der Waals surface area contributed by atoms with Crippen LogP contribution in [0.5, 0.6) is 11.5 Å². The first-order chi connectivity index (χ1) is 14.1. The van der Waals surface area contributed by atoms with Crippen LogP contribution in [0.1, 0.15) is 24.0 Å². The maximum atomic E-state index is 12.6. The molecule has 1 saturated heterocycles. The van der Waals surface area contributed by atoms with Crippen molar-refractivity contribution in [2.75, 3.05) is 33.4 Å². The fourth-order valence-corrected chi connectivity index (χ4v) is 4.03. The molecule has 0 bridgehead atoms. The summed E-state index contributed by atoms with van der Waals surface area (Å²) in [6.45, 7) is 8.04. The average molecular weight is 393 g/mol. The van der Waals surface area contributed by atoms with Gasteiger partial charge in [0.25, 0.3) is 5.56 Å². The van der Waals surface area contributed by atoms with Gasteiger partial charge in [0, 0.05) is 12.1 Å². The van der Waals surface area contributed by atoms with Crippen LogP contribution in [-0.2, 0) is 0 Å². The molecular weight excluding hydrogens is 366 g/mol. The molecule has 1 aliphatic heterocycles. The van der Waals surface area contributed by atoms with Gasteiger partial charge in [0.05, 0.1) is 12.5 Å². The van der Waals surface area contributed by atoms with Crippen molar-refractivity contribution in [2.24, 2.45) is 0 Å². The number of nitrogens with zero attached hydrogens (tertiary/aromatic N) is 2. The second kappa shape index (κ2) is 8.25. The van der Waals surface area contributed by atoms with Gasteiger partial charge in [-0.25, -0.2) is 4.98 Å². The van der Waals surface area contributed by atoms with Crippen LogP contribution in [-0.4, -0.2) is 48.2 Å². The summed E-state index contributed by atoms with van der Waals surface area (Å²) in [5.74, 6) is 2.03. The van der Waals surface area contributed by atoms with Crippen LogP contribution in [0.2, 0.25) is 0 Å². The molecule has 1 fully saturated rings. The summed E-state index contributed by atoms with van der Waals surface area (Å²) in [7, 11) is 1.58. The van der Waals surface area contributed by atoms with E-state index >= 15 is 0 Å². The van der Waals surface area contributed by atoms with Crippen LogP contribution >= 0.6 is 0 Å². The van der Waals surface area contributed by atoms with Gasteiger partial charge in [-0.05, 0) is 75.2 Å². The number of rotatable bonds is 6. The first-order valence-corrected chi connectivity index (χ1v) is 10.1. The van der Waals surface area contributed by atoms with E-state index in [1.807, 2.05) is 32.0 Å². The molecule has 3 aromatic rings. The Labute approximate surface area is 170 Å². The molecule has 4 rings (SSSR count). The second-order valence-electron chi connectivity index (χ2n) is 7.61. The third kappa shape index (κ3) is 3.98. The lowest BCUT2D eigenvalue weighted by molar-refractivity contribution is 0.236. The summed E-state index contributed by atoms with van der Waals surface area (Å²) < 4.78 is 11.5. The molecule has 1 aromatic heterocycles. The van der Waals surface area contributed by atoms with Gasteiger partial charge < -0.3 is 14.5 Å². The quantitative estimate of drug-likeness (QED) is 0.692. The molecule has 2 aromatic carbocycles. The molecule has 0 radical (unpaired) electrons. The van der Waals surface area contributed by atoms with Gasteiger partial charge >= 0.3 is 0 Å². The van der Waals surface area contributed by atoms with E-state index in [2.05, 4.69) is 14.9 Å². The Bertz CT molecular complexity index is 1060. The first kappa shape index (κ1) is 19.5. The number of aromatic nitrogens is 2. The average Bonchev–Trinajstić information content (AvgIpc) is 3.23. The molecule has 0 atom stereocenters. The molecule has 0 spiro atoms. The van der Waals surface area contributed by atoms with Crippen molar-refractivity contribution in [3.63, 3.8) is 0 Å². The Morgan fingerprint density at radius 2 is 1.86 bits per heavy atom. The molecule has 0 unspecified atom stereocenters. The maximum absolute atomic E-state index is 12.6. The Morgan fingerprint density at radius 3 is 2.55 bits per heavy atom. The van der Waals surface area contributed by atoms with Crippen LogP contribution in [0.15, 0.2) is 35.1 Å². The first-order valence-electron chi connectivity index (χ1n) is 10.1. The lowest BCUT2D eigenvalue weighted by atomic mass is 10.0. The summed E-state index contributed by atoms with van der Waals surface area (Å²) in [5.41, 5.74) is 3.31. The highest BCUT2D eigenvalue weighted by atomic mass is 16.5. The number of para-hydroxylation sites is 1. The minimum Gasteiger partial charge on any atom is -0.494 e. The van der Waals surface area contributed by atoms with E-state index in [0.717, 1.165) is 29.0 Å². The summed E-state index contributed by atoms with van der Waals surface area (Å²) in [4.78, 5) is 22.6. The minimum atomic E-state index is -0.176. The zero-order valence-corrected chi connectivity index (χ0v) is 17.2. The third-order valence-electron chi connectivity index (χ3n) is 5.51. The Kier molecular flexibility index (Phi) is 5.53. The molecule has 0 aliphatic carbocycles. The molecule has 2 heterocycles. The summed E-state index contributed by atoms with van der Waals surface area (Å²) in [5, 5.41) is 0.517. The predicted octanol–water partition coefficient (Wildman–Crippen LogP) is 3.69. The van der Waals surface area contributed by atoms with Crippen molar-refractivity contribution in [1.29, 1.82) is 0 Å². The number of hydrogen-bond donors (Lipinski definition) is 1. The number of aryl methyl sites for hydroxylation is 2. The number of methoxy groups -OCH3 is 1. The number of ether oxygens (including phenoxy) is 2. The highest BCUT2D eigenvalue weighted by molar-refractivity contribution is 5.85. The molecule has 1 aliphatic rings. The molecule has 0 amide bonds. The lowest BCUT2D eigenvalue weighted by Gasteiger charge is -2.18. The van der Waals surface area contributed by atoms with Crippen molar-refractivity contribution in [2.45, 2.75) is 26.7 Å². The summed E-state index contributed by atoms with van der Waals surface area (Å²) in [6, 6.07) is 9.38. The summed E-state index contributed by atoms with van der Waals surface area (Å²) in [6.07, 6.45) is 2.57. The van der Waals surface area contributed by atoms with Crippen LogP contribution in [0, 0.1) is 13.8 Å². The van der Waals surface area contributed by atoms with E-state index in [9.17, 15) is 4.79 Å². The minimum absolute atomic E-state index is 0.176. The Balaban J connectivity index is 1.63. The fraction of sp³-hybridized carbons (Fsp3) is 0.391. The predicted molar refractivity (Wildman–Crippen MR) is 115 cm³/mol. The van der Waals surface area contributed by atoms with E-state index < -0.39 is 0 Å². The second-order valence-corrected chi connectivity index (χ2v) is 7.61. The van der Waals surface area contributed by atoms with Crippen LogP contribution in [0.3, 0.4) is 0 Å². The number of nitrogens with one attached hydrogen (secondary N) is 1. The van der Waals surface area contributed by atoms with Gasteiger partial charge in [0.1, 0.15) is 29.4 Å². The smallest absolute Gasteiger partial charge is 0.259 e. The number of benzene rings is 2. The van der Waals surface area contributed by atoms with Gasteiger partial charge in [-0.15, -0.1) is 0 Å². The van der Waals surface area contributed by atoms with E-state index in [-0.39, 0.29) is 5.56 Å². The topological polar surface area (TPSA) is 67.5 Å². The highest BCUT2D eigenvalue weighted by Crippen LogP contribution is 2.30. The monoisotopic (exact) mass is 393 g/mol. The van der Waals surface area contributed by atoms with Crippen LogP contribution in [0.4, 0.5) is 0 Å². The van der Waals surface area contributed by atoms with Crippen LogP contribution < -0.4 is 15.0 Å². The number of likely N-dealkylation sites (tertiary alicyclic amines) is 1. The van der Waals surface area contributed by atoms with Gasteiger partial charge in [-0.2, -0.15) is 0 Å². The number of hydrogen-bond acceptors (Lipinski definition) is 5. The Morgan fingerprint density at radius 1 is 1.14 bits per heavy atom. The fourth-order valence-electron chi connectivity index (χ4n) is 4.03. The van der Waals surface area contributed by atoms with Crippen molar-refractivity contribution >= 4 is 10.9 Å². The van der Waals surface area contributed by atoms with Gasteiger partial charge in [0.15, 0.2) is 0 Å². The van der Waals surface area contributed by atoms with E-state index in [0.29, 0.717) is 29.1 Å². The third-order valence-corrected chi connectivity index (χ3v) is 5.51. The number of aromatic amines is 1. The lowest BCUT2D eigenvalue weighted by Crippen LogP contribution is -2.25. The standard InChI is InChI=1S/C23H27N3O3/c1-15-13-17(14-16(2)21(15)29-12-11-26-9-4-5-10-26)22-24-20-18(23(27)25-22)7-6-8-19(20)28-3/h6-8,13-14H,4-5,9-12H2,1-3H3,(H,24,25,27). The normalized spacial score (nSPS) is 14.4. The summed E-state index contributed by atoms with van der Waals surface area (Å²) >= 11 is 0. The van der Waals surface area contributed by atoms with E-state index in [1.165, 1.54) is 25.9 Å². The van der Waals surface area contributed by atoms with Gasteiger partial charge in [0.2, 0.25) is 0 Å². The zero-order valence-electron chi connectivity index (χ0n) is 17.2. The number of fused-ring (bicyclic) bond motifs is 1. The van der Waals surface area contributed by atoms with E-state index in [1.54, 1.807) is 19.2 Å². The van der Waals surface area contributed by atoms with Crippen molar-refractivity contribution in [3.05, 3.63) is 51.8 Å². The molecule has 1 N–H and O–H groups in total. The van der Waals surface area contributed by atoms with Crippen molar-refractivity contribution in [1.82, 2.24) is 14.9 Å². The SMILES string of the molecule is COc1cccc2c(=O)[nH]c(-c3cc(C)c(OCCN4CCCC4)c(C)c3)nc12. The van der Waals surface area contributed by atoms with E-state index in [4.69, 9.17) is 9.47 Å². The number of H-pyrrole nitrogens is 1. The molecular formula is C23H27N3O3.